The molecule has 2 rings (SSSR count). The average Bonchev–Trinajstić information content (AvgIpc) is 2.84. The SMILES string of the molecule is CC(NCc1ccn[nH]1)c1ccc(Br)s1. The van der Waals surface area contributed by atoms with Crippen molar-refractivity contribution in [1.82, 2.24) is 15.5 Å². The zero-order valence-electron chi connectivity index (χ0n) is 8.33. The summed E-state index contributed by atoms with van der Waals surface area (Å²) in [6, 6.07) is 6.56. The zero-order chi connectivity index (χ0) is 10.7. The summed E-state index contributed by atoms with van der Waals surface area (Å²) in [6.45, 7) is 2.98. The van der Waals surface area contributed by atoms with Crippen molar-refractivity contribution < 1.29 is 0 Å². The lowest BCUT2D eigenvalue weighted by Crippen LogP contribution is -2.17. The van der Waals surface area contributed by atoms with E-state index in [-0.39, 0.29) is 0 Å². The number of halogens is 1. The smallest absolute Gasteiger partial charge is 0.0701 e. The predicted octanol–water partition coefficient (Wildman–Crippen LogP) is 3.08. The van der Waals surface area contributed by atoms with Crippen LogP contribution in [0.5, 0.6) is 0 Å². The standard InChI is InChI=1S/C10H12BrN3S/c1-7(9-2-3-10(11)15-9)12-6-8-4-5-13-14-8/h2-5,7,12H,6H2,1H3,(H,13,14). The second kappa shape index (κ2) is 4.92. The average molecular weight is 286 g/mol. The van der Waals surface area contributed by atoms with Crippen LogP contribution >= 0.6 is 27.3 Å². The van der Waals surface area contributed by atoms with Crippen molar-refractivity contribution in [2.75, 3.05) is 0 Å². The van der Waals surface area contributed by atoms with Crippen LogP contribution in [-0.4, -0.2) is 10.2 Å². The molecular weight excluding hydrogens is 274 g/mol. The molecule has 0 spiro atoms. The Morgan fingerprint density at radius 3 is 3.00 bits per heavy atom. The summed E-state index contributed by atoms with van der Waals surface area (Å²) < 4.78 is 1.17. The lowest BCUT2D eigenvalue weighted by atomic mass is 10.2. The number of rotatable bonds is 4. The van der Waals surface area contributed by atoms with Gasteiger partial charge in [0.2, 0.25) is 0 Å². The largest absolute Gasteiger partial charge is 0.304 e. The summed E-state index contributed by atoms with van der Waals surface area (Å²) in [5, 5.41) is 10.3. The van der Waals surface area contributed by atoms with Gasteiger partial charge in [0.25, 0.3) is 0 Å². The van der Waals surface area contributed by atoms with Gasteiger partial charge in [-0.2, -0.15) is 5.10 Å². The first-order chi connectivity index (χ1) is 7.25. The molecule has 0 saturated carbocycles. The van der Waals surface area contributed by atoms with E-state index in [1.807, 2.05) is 6.07 Å². The summed E-state index contributed by atoms with van der Waals surface area (Å²) in [7, 11) is 0. The van der Waals surface area contributed by atoms with Crippen molar-refractivity contribution >= 4 is 27.3 Å². The molecule has 0 saturated heterocycles. The fourth-order valence-corrected chi connectivity index (χ4v) is 2.76. The number of H-pyrrole nitrogens is 1. The first-order valence-corrected chi connectivity index (χ1v) is 6.33. The topological polar surface area (TPSA) is 40.7 Å². The van der Waals surface area contributed by atoms with E-state index >= 15 is 0 Å². The highest BCUT2D eigenvalue weighted by Gasteiger charge is 2.07. The van der Waals surface area contributed by atoms with Crippen molar-refractivity contribution in [3.63, 3.8) is 0 Å². The van der Waals surface area contributed by atoms with Crippen LogP contribution in [0.2, 0.25) is 0 Å². The first kappa shape index (κ1) is 10.9. The Hall–Kier alpha value is -0.650. The van der Waals surface area contributed by atoms with E-state index < -0.39 is 0 Å². The minimum atomic E-state index is 0.365. The lowest BCUT2D eigenvalue weighted by Gasteiger charge is -2.10. The Kier molecular flexibility index (Phi) is 3.56. The van der Waals surface area contributed by atoms with E-state index in [2.05, 4.69) is 50.5 Å². The van der Waals surface area contributed by atoms with E-state index in [0.717, 1.165) is 12.2 Å². The van der Waals surface area contributed by atoms with Crippen molar-refractivity contribution in [1.29, 1.82) is 0 Å². The van der Waals surface area contributed by atoms with Gasteiger partial charge in [0, 0.05) is 29.4 Å². The molecule has 0 fully saturated rings. The normalized spacial score (nSPS) is 12.9. The number of nitrogens with zero attached hydrogens (tertiary/aromatic N) is 1. The Morgan fingerprint density at radius 1 is 1.53 bits per heavy atom. The third kappa shape index (κ3) is 2.90. The van der Waals surface area contributed by atoms with E-state index in [4.69, 9.17) is 0 Å². The quantitative estimate of drug-likeness (QED) is 0.906. The molecule has 0 aliphatic rings. The Labute approximate surface area is 101 Å². The predicted molar refractivity (Wildman–Crippen MR) is 65.9 cm³/mol. The highest BCUT2D eigenvalue weighted by molar-refractivity contribution is 9.11. The molecule has 0 aliphatic carbocycles. The number of aromatic amines is 1. The molecule has 0 aliphatic heterocycles. The summed E-state index contributed by atoms with van der Waals surface area (Å²) in [6.07, 6.45) is 1.77. The summed E-state index contributed by atoms with van der Waals surface area (Å²) in [5.74, 6) is 0. The summed E-state index contributed by atoms with van der Waals surface area (Å²) in [4.78, 5) is 1.33. The molecule has 2 aromatic heterocycles. The van der Waals surface area contributed by atoms with Gasteiger partial charge in [-0.1, -0.05) is 0 Å². The maximum Gasteiger partial charge on any atom is 0.0701 e. The van der Waals surface area contributed by atoms with Gasteiger partial charge in [-0.05, 0) is 41.1 Å². The monoisotopic (exact) mass is 285 g/mol. The number of hydrogen-bond acceptors (Lipinski definition) is 3. The fraction of sp³-hybridized carbons (Fsp3) is 0.300. The lowest BCUT2D eigenvalue weighted by molar-refractivity contribution is 0.575. The van der Waals surface area contributed by atoms with Gasteiger partial charge >= 0.3 is 0 Å². The van der Waals surface area contributed by atoms with Gasteiger partial charge in [0.15, 0.2) is 0 Å². The third-order valence-electron chi connectivity index (χ3n) is 2.18. The van der Waals surface area contributed by atoms with Gasteiger partial charge in [-0.25, -0.2) is 0 Å². The van der Waals surface area contributed by atoms with Crippen LogP contribution < -0.4 is 5.32 Å². The molecular formula is C10H12BrN3S. The second-order valence-electron chi connectivity index (χ2n) is 3.33. The number of thiophene rings is 1. The molecule has 2 aromatic rings. The molecule has 15 heavy (non-hydrogen) atoms. The fourth-order valence-electron chi connectivity index (χ4n) is 1.31. The molecule has 2 N–H and O–H groups in total. The van der Waals surface area contributed by atoms with Crippen LogP contribution in [0.25, 0.3) is 0 Å². The van der Waals surface area contributed by atoms with Crippen LogP contribution in [0, 0.1) is 0 Å². The number of hydrogen-bond donors (Lipinski definition) is 2. The Balaban J connectivity index is 1.90. The third-order valence-corrected chi connectivity index (χ3v) is 3.98. The first-order valence-electron chi connectivity index (χ1n) is 4.72. The zero-order valence-corrected chi connectivity index (χ0v) is 10.7. The molecule has 0 amide bonds. The number of aromatic nitrogens is 2. The molecule has 1 unspecified atom stereocenters. The molecule has 5 heteroatoms. The maximum absolute atomic E-state index is 3.91. The van der Waals surface area contributed by atoms with E-state index in [1.165, 1.54) is 8.66 Å². The Morgan fingerprint density at radius 2 is 2.40 bits per heavy atom. The minimum absolute atomic E-state index is 0.365. The summed E-state index contributed by atoms with van der Waals surface area (Å²) >= 11 is 5.23. The molecule has 0 bridgehead atoms. The molecule has 0 radical (unpaired) electrons. The van der Waals surface area contributed by atoms with E-state index in [0.29, 0.717) is 6.04 Å². The van der Waals surface area contributed by atoms with E-state index in [1.54, 1.807) is 17.5 Å². The van der Waals surface area contributed by atoms with Gasteiger partial charge in [-0.3, -0.25) is 5.10 Å². The van der Waals surface area contributed by atoms with Crippen LogP contribution in [0.4, 0.5) is 0 Å². The van der Waals surface area contributed by atoms with Crippen molar-refractivity contribution in [3.05, 3.63) is 38.8 Å². The molecule has 3 nitrogen and oxygen atoms in total. The Bertz CT molecular complexity index is 410. The summed E-state index contributed by atoms with van der Waals surface area (Å²) in [5.41, 5.74) is 1.11. The number of nitrogens with one attached hydrogen (secondary N) is 2. The van der Waals surface area contributed by atoms with Crippen LogP contribution in [0.1, 0.15) is 23.5 Å². The molecule has 2 heterocycles. The van der Waals surface area contributed by atoms with Crippen LogP contribution in [0.3, 0.4) is 0 Å². The maximum atomic E-state index is 3.91. The van der Waals surface area contributed by atoms with Crippen molar-refractivity contribution in [2.45, 2.75) is 19.5 Å². The second-order valence-corrected chi connectivity index (χ2v) is 5.82. The van der Waals surface area contributed by atoms with Crippen LogP contribution in [0.15, 0.2) is 28.2 Å². The highest BCUT2D eigenvalue weighted by Crippen LogP contribution is 2.27. The minimum Gasteiger partial charge on any atom is -0.304 e. The molecule has 80 valence electrons. The van der Waals surface area contributed by atoms with Crippen molar-refractivity contribution in [2.24, 2.45) is 0 Å². The van der Waals surface area contributed by atoms with Crippen molar-refractivity contribution in [3.8, 4) is 0 Å². The van der Waals surface area contributed by atoms with Gasteiger partial charge in [0.05, 0.1) is 3.79 Å². The van der Waals surface area contributed by atoms with Gasteiger partial charge in [-0.15, -0.1) is 11.3 Å². The molecule has 0 aromatic carbocycles. The van der Waals surface area contributed by atoms with E-state index in [9.17, 15) is 0 Å². The van der Waals surface area contributed by atoms with Gasteiger partial charge < -0.3 is 5.32 Å². The molecule has 1 atom stereocenters. The highest BCUT2D eigenvalue weighted by atomic mass is 79.9. The van der Waals surface area contributed by atoms with Crippen LogP contribution in [-0.2, 0) is 6.54 Å². The van der Waals surface area contributed by atoms with Gasteiger partial charge in [0.1, 0.15) is 0 Å².